The molecule has 0 saturated carbocycles. The van der Waals surface area contributed by atoms with Crippen molar-refractivity contribution in [2.45, 2.75) is 50.1 Å². The molecule has 0 heterocycles. The minimum absolute atomic E-state index is 0.0912. The number of benzene rings is 2. The normalized spacial score (nSPS) is 13.3. The molecule has 2 aromatic rings. The van der Waals surface area contributed by atoms with E-state index in [0.717, 1.165) is 5.56 Å². The van der Waals surface area contributed by atoms with Crippen LogP contribution in [-0.4, -0.2) is 18.9 Å². The zero-order valence-corrected chi connectivity index (χ0v) is 16.0. The van der Waals surface area contributed by atoms with Crippen LogP contribution < -0.4 is 4.72 Å². The van der Waals surface area contributed by atoms with Gasteiger partial charge in [-0.3, -0.25) is 10.1 Å². The molecule has 0 aliphatic rings. The highest BCUT2D eigenvalue weighted by molar-refractivity contribution is 7.89. The van der Waals surface area contributed by atoms with E-state index in [1.807, 2.05) is 6.92 Å². The van der Waals surface area contributed by atoms with Gasteiger partial charge in [-0.1, -0.05) is 61.9 Å². The fraction of sp³-hybridized carbons (Fsp3) is 0.368. The van der Waals surface area contributed by atoms with Crippen LogP contribution in [0.5, 0.6) is 0 Å². The van der Waals surface area contributed by atoms with Gasteiger partial charge in [-0.2, -0.15) is 4.72 Å². The molecule has 6 nitrogen and oxygen atoms in total. The molecule has 0 spiro atoms. The van der Waals surface area contributed by atoms with Crippen LogP contribution in [-0.2, 0) is 10.0 Å². The third-order valence-corrected chi connectivity index (χ3v) is 6.30. The lowest BCUT2D eigenvalue weighted by Crippen LogP contribution is -2.50. The molecule has 0 amide bonds. The average Bonchev–Trinajstić information content (AvgIpc) is 2.63. The number of nitro groups is 1. The van der Waals surface area contributed by atoms with Crippen LogP contribution >= 0.6 is 0 Å². The highest BCUT2D eigenvalue weighted by atomic mass is 32.2. The van der Waals surface area contributed by atoms with Crippen molar-refractivity contribution in [1.29, 1.82) is 0 Å². The van der Waals surface area contributed by atoms with E-state index < -0.39 is 21.6 Å². The third-order valence-electron chi connectivity index (χ3n) is 4.86. The van der Waals surface area contributed by atoms with Crippen LogP contribution in [0, 0.1) is 17.0 Å². The first kappa shape index (κ1) is 20.1. The van der Waals surface area contributed by atoms with E-state index in [0.29, 0.717) is 5.56 Å². The lowest BCUT2D eigenvalue weighted by Gasteiger charge is -2.32. The summed E-state index contributed by atoms with van der Waals surface area (Å²) >= 11 is 0. The van der Waals surface area contributed by atoms with Gasteiger partial charge in [-0.15, -0.1) is 0 Å². The zero-order valence-electron chi connectivity index (χ0n) is 15.2. The Balaban J connectivity index is 2.55. The number of nitrogens with one attached hydrogen (secondary N) is 1. The lowest BCUT2D eigenvalue weighted by molar-refractivity contribution is -0.577. The molecule has 7 heteroatoms. The highest BCUT2D eigenvalue weighted by Gasteiger charge is 2.49. The van der Waals surface area contributed by atoms with E-state index in [2.05, 4.69) is 4.72 Å². The number of aryl methyl sites for hydroxylation is 1. The van der Waals surface area contributed by atoms with Crippen molar-refractivity contribution >= 4 is 10.0 Å². The van der Waals surface area contributed by atoms with Crippen LogP contribution in [0.25, 0.3) is 0 Å². The minimum Gasteiger partial charge on any atom is -0.264 e. The van der Waals surface area contributed by atoms with Crippen molar-refractivity contribution in [2.75, 3.05) is 0 Å². The van der Waals surface area contributed by atoms with E-state index in [-0.39, 0.29) is 22.7 Å². The van der Waals surface area contributed by atoms with Gasteiger partial charge < -0.3 is 0 Å². The Morgan fingerprint density at radius 2 is 1.58 bits per heavy atom. The second-order valence-corrected chi connectivity index (χ2v) is 8.06. The first-order valence-corrected chi connectivity index (χ1v) is 10.0. The number of sulfonamides is 1. The average molecular weight is 376 g/mol. The monoisotopic (exact) mass is 376 g/mol. The van der Waals surface area contributed by atoms with Crippen LogP contribution in [0.2, 0.25) is 0 Å². The summed E-state index contributed by atoms with van der Waals surface area (Å²) in [7, 11) is -3.92. The first-order valence-electron chi connectivity index (χ1n) is 8.55. The van der Waals surface area contributed by atoms with E-state index >= 15 is 0 Å². The van der Waals surface area contributed by atoms with Crippen molar-refractivity contribution < 1.29 is 13.3 Å². The van der Waals surface area contributed by atoms with Gasteiger partial charge in [0, 0.05) is 17.8 Å². The summed E-state index contributed by atoms with van der Waals surface area (Å²) in [6.07, 6.45) is 0.402. The van der Waals surface area contributed by atoms with Gasteiger partial charge in [0.15, 0.2) is 0 Å². The topological polar surface area (TPSA) is 89.3 Å². The van der Waals surface area contributed by atoms with Crippen molar-refractivity contribution in [3.8, 4) is 0 Å². The minimum atomic E-state index is -3.92. The Labute approximate surface area is 154 Å². The zero-order chi connectivity index (χ0) is 19.4. The van der Waals surface area contributed by atoms with Gasteiger partial charge in [-0.25, -0.2) is 8.42 Å². The maximum atomic E-state index is 12.9. The SMILES string of the molecule is CCC(CC)(C(NS(=O)(=O)c1ccc(C)cc1)c1ccccc1)[N+](=O)[O-]. The maximum absolute atomic E-state index is 12.9. The fourth-order valence-electron chi connectivity index (χ4n) is 3.10. The molecule has 0 aromatic heterocycles. The van der Waals surface area contributed by atoms with Crippen LogP contribution in [0.1, 0.15) is 43.9 Å². The molecular formula is C19H24N2O4S. The molecule has 0 aliphatic carbocycles. The predicted molar refractivity (Wildman–Crippen MR) is 101 cm³/mol. The maximum Gasteiger partial charge on any atom is 0.241 e. The number of nitrogens with zero attached hydrogens (tertiary/aromatic N) is 1. The molecule has 0 fully saturated rings. The van der Waals surface area contributed by atoms with E-state index in [4.69, 9.17) is 0 Å². The van der Waals surface area contributed by atoms with Gasteiger partial charge in [0.2, 0.25) is 15.6 Å². The molecule has 140 valence electrons. The van der Waals surface area contributed by atoms with Gasteiger partial charge >= 0.3 is 0 Å². The molecule has 1 N–H and O–H groups in total. The quantitative estimate of drug-likeness (QED) is 0.560. The van der Waals surface area contributed by atoms with E-state index in [1.165, 1.54) is 12.1 Å². The Bertz CT molecular complexity index is 845. The molecule has 2 rings (SSSR count). The Hall–Kier alpha value is -2.25. The fourth-order valence-corrected chi connectivity index (χ4v) is 4.39. The molecule has 26 heavy (non-hydrogen) atoms. The second kappa shape index (κ2) is 7.97. The molecule has 2 aromatic carbocycles. The van der Waals surface area contributed by atoms with Crippen LogP contribution in [0.3, 0.4) is 0 Å². The summed E-state index contributed by atoms with van der Waals surface area (Å²) in [5, 5.41) is 11.9. The Morgan fingerprint density at radius 1 is 1.04 bits per heavy atom. The van der Waals surface area contributed by atoms with Crippen molar-refractivity contribution in [3.63, 3.8) is 0 Å². The molecule has 0 bridgehead atoms. The molecular weight excluding hydrogens is 352 g/mol. The molecule has 0 saturated heterocycles. The highest BCUT2D eigenvalue weighted by Crippen LogP contribution is 2.36. The third kappa shape index (κ3) is 3.94. The standard InChI is InChI=1S/C19H24N2O4S/c1-4-19(5-2,21(22)23)18(16-9-7-6-8-10-16)20-26(24,25)17-13-11-15(3)12-14-17/h6-14,18,20H,4-5H2,1-3H3. The van der Waals surface area contributed by atoms with Crippen molar-refractivity contribution in [1.82, 2.24) is 4.72 Å². The largest absolute Gasteiger partial charge is 0.264 e. The Kier molecular flexibility index (Phi) is 6.15. The summed E-state index contributed by atoms with van der Waals surface area (Å²) in [4.78, 5) is 11.7. The number of hydrogen-bond acceptors (Lipinski definition) is 4. The first-order chi connectivity index (χ1) is 12.3. The van der Waals surface area contributed by atoms with Crippen LogP contribution in [0.15, 0.2) is 59.5 Å². The summed E-state index contributed by atoms with van der Waals surface area (Å²) in [5.74, 6) is 0. The summed E-state index contributed by atoms with van der Waals surface area (Å²) in [5.41, 5.74) is 0.0768. The van der Waals surface area contributed by atoms with Gasteiger partial charge in [0.25, 0.3) is 0 Å². The predicted octanol–water partition coefficient (Wildman–Crippen LogP) is 3.85. The summed E-state index contributed by atoms with van der Waals surface area (Å²) < 4.78 is 28.4. The lowest BCUT2D eigenvalue weighted by atomic mass is 9.82. The van der Waals surface area contributed by atoms with Crippen molar-refractivity contribution in [3.05, 3.63) is 75.8 Å². The summed E-state index contributed by atoms with van der Waals surface area (Å²) in [6, 6.07) is 14.2. The Morgan fingerprint density at radius 3 is 2.04 bits per heavy atom. The van der Waals surface area contributed by atoms with E-state index in [1.54, 1.807) is 56.3 Å². The van der Waals surface area contributed by atoms with Gasteiger partial charge in [0.1, 0.15) is 6.04 Å². The number of hydrogen-bond donors (Lipinski definition) is 1. The number of rotatable bonds is 8. The van der Waals surface area contributed by atoms with Gasteiger partial charge in [-0.05, 0) is 24.6 Å². The second-order valence-electron chi connectivity index (χ2n) is 6.35. The van der Waals surface area contributed by atoms with Crippen molar-refractivity contribution in [2.24, 2.45) is 0 Å². The molecule has 0 aliphatic heterocycles. The van der Waals surface area contributed by atoms with Crippen LogP contribution in [0.4, 0.5) is 0 Å². The van der Waals surface area contributed by atoms with Gasteiger partial charge in [0.05, 0.1) is 4.90 Å². The summed E-state index contributed by atoms with van der Waals surface area (Å²) in [6.45, 7) is 5.29. The molecule has 1 atom stereocenters. The molecule has 0 radical (unpaired) electrons. The van der Waals surface area contributed by atoms with E-state index in [9.17, 15) is 18.5 Å². The smallest absolute Gasteiger partial charge is 0.241 e. The molecule has 1 unspecified atom stereocenters.